The second-order valence-electron chi connectivity index (χ2n) is 7.02. The van der Waals surface area contributed by atoms with Crippen molar-refractivity contribution in [1.82, 2.24) is 30.4 Å². The number of aromatic nitrogens is 6. The van der Waals surface area contributed by atoms with Gasteiger partial charge in [0, 0.05) is 17.1 Å². The minimum absolute atomic E-state index is 0.130. The summed E-state index contributed by atoms with van der Waals surface area (Å²) in [6.45, 7) is 2.57. The molecule has 5 aromatic rings. The summed E-state index contributed by atoms with van der Waals surface area (Å²) in [5.41, 5.74) is 3.36. The lowest BCUT2D eigenvalue weighted by Gasteiger charge is -2.10. The molecule has 0 saturated carbocycles. The molecule has 0 aliphatic heterocycles. The number of nitrogens with one attached hydrogen (secondary N) is 4. The van der Waals surface area contributed by atoms with E-state index in [2.05, 4.69) is 35.7 Å². The minimum atomic E-state index is -0.130. The molecule has 0 unspecified atom stereocenters. The lowest BCUT2D eigenvalue weighted by atomic mass is 10.2. The first kappa shape index (κ1) is 18.1. The van der Waals surface area contributed by atoms with Crippen molar-refractivity contribution in [1.29, 1.82) is 0 Å². The second kappa shape index (κ2) is 7.45. The largest absolute Gasteiger partial charge is 0.369 e. The predicted octanol–water partition coefficient (Wildman–Crippen LogP) is 3.29. The van der Waals surface area contributed by atoms with Gasteiger partial charge in [0.1, 0.15) is 12.4 Å². The molecule has 9 heteroatoms. The third-order valence-electron chi connectivity index (χ3n) is 4.74. The molecule has 30 heavy (non-hydrogen) atoms. The lowest BCUT2D eigenvalue weighted by Crippen LogP contribution is -2.04. The fourth-order valence-electron chi connectivity index (χ4n) is 3.32. The fourth-order valence-corrected chi connectivity index (χ4v) is 3.32. The van der Waals surface area contributed by atoms with Gasteiger partial charge in [-0.25, -0.2) is 9.97 Å². The molecular formula is C21H19N7O2. The Morgan fingerprint density at radius 3 is 2.77 bits per heavy atom. The molecular weight excluding hydrogens is 382 g/mol. The molecule has 0 aliphatic carbocycles. The minimum Gasteiger partial charge on any atom is -0.369 e. The first-order valence-electron chi connectivity index (χ1n) is 9.47. The van der Waals surface area contributed by atoms with Crippen molar-refractivity contribution in [2.75, 3.05) is 5.32 Å². The van der Waals surface area contributed by atoms with Crippen molar-refractivity contribution in [3.63, 3.8) is 0 Å². The van der Waals surface area contributed by atoms with E-state index in [1.54, 1.807) is 6.07 Å². The summed E-state index contributed by atoms with van der Waals surface area (Å²) in [5, 5.41) is 17.3. The maximum absolute atomic E-state index is 11.6. The molecule has 0 radical (unpaired) electrons. The molecule has 4 N–H and O–H groups in total. The number of fused-ring (bicyclic) bond motifs is 2. The molecule has 0 amide bonds. The number of benzene rings is 2. The standard InChI is InChI=1S/C21H19N7O2/c1-12-8-18(27-25-12)23-20-14-4-2-3-5-16(14)22-19(24-20)11-30-10-13-6-7-15-17(9-13)26-28-21(15)29/h2-9H,10-11H2,1H3,(H2,26,28,29)(H2,22,23,24,25,27). The maximum Gasteiger partial charge on any atom is 0.271 e. The molecule has 2 aromatic carbocycles. The number of hydrogen-bond acceptors (Lipinski definition) is 6. The van der Waals surface area contributed by atoms with Crippen LogP contribution in [0.5, 0.6) is 0 Å². The van der Waals surface area contributed by atoms with Crippen LogP contribution in [0.3, 0.4) is 0 Å². The van der Waals surface area contributed by atoms with Gasteiger partial charge >= 0.3 is 0 Å². The molecule has 3 aromatic heterocycles. The quantitative estimate of drug-likeness (QED) is 0.346. The van der Waals surface area contributed by atoms with Gasteiger partial charge in [0.2, 0.25) is 0 Å². The Hall–Kier alpha value is -3.98. The number of aromatic amines is 3. The molecule has 0 aliphatic rings. The van der Waals surface area contributed by atoms with E-state index in [9.17, 15) is 4.79 Å². The maximum atomic E-state index is 11.6. The van der Waals surface area contributed by atoms with Gasteiger partial charge in [0.05, 0.1) is 23.0 Å². The van der Waals surface area contributed by atoms with Crippen LogP contribution in [0, 0.1) is 6.92 Å². The van der Waals surface area contributed by atoms with Crippen LogP contribution < -0.4 is 10.9 Å². The Morgan fingerprint density at radius 1 is 1.00 bits per heavy atom. The average Bonchev–Trinajstić information content (AvgIpc) is 3.33. The van der Waals surface area contributed by atoms with Crippen LogP contribution >= 0.6 is 0 Å². The van der Waals surface area contributed by atoms with Gasteiger partial charge in [-0.15, -0.1) is 0 Å². The van der Waals surface area contributed by atoms with E-state index in [4.69, 9.17) is 4.74 Å². The van der Waals surface area contributed by atoms with E-state index in [-0.39, 0.29) is 12.2 Å². The Balaban J connectivity index is 1.36. The average molecular weight is 401 g/mol. The Labute approximate surface area is 170 Å². The topological polar surface area (TPSA) is 124 Å². The lowest BCUT2D eigenvalue weighted by molar-refractivity contribution is 0.102. The Morgan fingerprint density at radius 2 is 1.90 bits per heavy atom. The third kappa shape index (κ3) is 3.53. The van der Waals surface area contributed by atoms with E-state index in [1.165, 1.54) is 0 Å². The summed E-state index contributed by atoms with van der Waals surface area (Å²) in [5.74, 6) is 1.94. The number of ether oxygens (including phenoxy) is 1. The van der Waals surface area contributed by atoms with Crippen LogP contribution in [-0.4, -0.2) is 30.4 Å². The van der Waals surface area contributed by atoms with Crippen LogP contribution in [0.25, 0.3) is 21.8 Å². The van der Waals surface area contributed by atoms with E-state index < -0.39 is 0 Å². The van der Waals surface area contributed by atoms with Crippen molar-refractivity contribution in [3.8, 4) is 0 Å². The first-order valence-corrected chi connectivity index (χ1v) is 9.47. The molecule has 5 rings (SSSR count). The van der Waals surface area contributed by atoms with Crippen LogP contribution in [0.2, 0.25) is 0 Å². The van der Waals surface area contributed by atoms with Gasteiger partial charge in [-0.3, -0.25) is 20.1 Å². The van der Waals surface area contributed by atoms with Crippen molar-refractivity contribution in [2.24, 2.45) is 0 Å². The number of anilines is 2. The van der Waals surface area contributed by atoms with Gasteiger partial charge in [0.25, 0.3) is 5.56 Å². The summed E-state index contributed by atoms with van der Waals surface area (Å²) in [6.07, 6.45) is 0. The molecule has 0 atom stereocenters. The number of aryl methyl sites for hydroxylation is 1. The van der Waals surface area contributed by atoms with Gasteiger partial charge in [-0.2, -0.15) is 5.10 Å². The smallest absolute Gasteiger partial charge is 0.271 e. The van der Waals surface area contributed by atoms with Crippen molar-refractivity contribution in [3.05, 3.63) is 76.0 Å². The predicted molar refractivity (Wildman–Crippen MR) is 114 cm³/mol. The van der Waals surface area contributed by atoms with E-state index >= 15 is 0 Å². The van der Waals surface area contributed by atoms with Gasteiger partial charge < -0.3 is 10.1 Å². The van der Waals surface area contributed by atoms with Crippen LogP contribution in [0.4, 0.5) is 11.6 Å². The summed E-state index contributed by atoms with van der Waals surface area (Å²) in [6, 6.07) is 15.3. The third-order valence-corrected chi connectivity index (χ3v) is 4.74. The summed E-state index contributed by atoms with van der Waals surface area (Å²) in [7, 11) is 0. The van der Waals surface area contributed by atoms with Gasteiger partial charge in [0.15, 0.2) is 11.6 Å². The van der Waals surface area contributed by atoms with E-state index in [0.717, 1.165) is 27.7 Å². The van der Waals surface area contributed by atoms with E-state index in [1.807, 2.05) is 49.4 Å². The first-order chi connectivity index (χ1) is 14.7. The summed E-state index contributed by atoms with van der Waals surface area (Å²) in [4.78, 5) is 20.9. The number of nitrogens with zero attached hydrogens (tertiary/aromatic N) is 3. The highest BCUT2D eigenvalue weighted by atomic mass is 16.5. The number of para-hydroxylation sites is 1. The zero-order valence-corrected chi connectivity index (χ0v) is 16.2. The molecule has 0 bridgehead atoms. The second-order valence-corrected chi connectivity index (χ2v) is 7.02. The Bertz CT molecular complexity index is 1400. The normalized spacial score (nSPS) is 11.4. The number of hydrogen-bond donors (Lipinski definition) is 4. The van der Waals surface area contributed by atoms with E-state index in [0.29, 0.717) is 29.5 Å². The van der Waals surface area contributed by atoms with Crippen LogP contribution in [0.15, 0.2) is 53.3 Å². The number of rotatable bonds is 6. The monoisotopic (exact) mass is 401 g/mol. The Kier molecular flexibility index (Phi) is 4.49. The highest BCUT2D eigenvalue weighted by Gasteiger charge is 2.10. The highest BCUT2D eigenvalue weighted by molar-refractivity contribution is 5.90. The molecule has 0 spiro atoms. The van der Waals surface area contributed by atoms with Crippen molar-refractivity contribution >= 4 is 33.4 Å². The molecule has 3 heterocycles. The van der Waals surface area contributed by atoms with Crippen molar-refractivity contribution < 1.29 is 4.74 Å². The molecule has 0 fully saturated rings. The zero-order chi connectivity index (χ0) is 20.5. The van der Waals surface area contributed by atoms with Crippen molar-refractivity contribution in [2.45, 2.75) is 20.1 Å². The van der Waals surface area contributed by atoms with Crippen LogP contribution in [0.1, 0.15) is 17.1 Å². The molecule has 9 nitrogen and oxygen atoms in total. The van der Waals surface area contributed by atoms with Gasteiger partial charge in [-0.05, 0) is 36.8 Å². The summed E-state index contributed by atoms with van der Waals surface area (Å²) >= 11 is 0. The molecule has 150 valence electrons. The summed E-state index contributed by atoms with van der Waals surface area (Å²) < 4.78 is 5.84. The fraction of sp³-hybridized carbons (Fsp3) is 0.143. The zero-order valence-electron chi connectivity index (χ0n) is 16.2. The van der Waals surface area contributed by atoms with Crippen LogP contribution in [-0.2, 0) is 18.0 Å². The SMILES string of the molecule is Cc1cc(Nc2nc(COCc3ccc4c(=O)[nH][nH]c4c3)nc3ccccc23)n[nH]1. The number of H-pyrrole nitrogens is 3. The van der Waals surface area contributed by atoms with Gasteiger partial charge in [-0.1, -0.05) is 18.2 Å². The molecule has 0 saturated heterocycles. The highest BCUT2D eigenvalue weighted by Crippen LogP contribution is 2.23.